The Morgan fingerprint density at radius 3 is 2.26 bits per heavy atom. The highest BCUT2D eigenvalue weighted by Crippen LogP contribution is 2.36. The van der Waals surface area contributed by atoms with Gasteiger partial charge in [0, 0.05) is 0 Å². The van der Waals surface area contributed by atoms with Gasteiger partial charge in [-0.05, 0) is 38.8 Å². The molecule has 6 nitrogen and oxygen atoms in total. The Morgan fingerprint density at radius 1 is 1.13 bits per heavy atom. The Bertz CT molecular complexity index is 1100. The van der Waals surface area contributed by atoms with Crippen LogP contribution >= 0.6 is 11.6 Å². The number of hydrogen-bond donors (Lipinski definition) is 1. The molecule has 1 atom stereocenters. The Morgan fingerprint density at radius 2 is 1.74 bits per heavy atom. The number of rotatable bonds is 5. The largest absolute Gasteiger partial charge is 0.436 e. The maximum atomic E-state index is 13.1. The van der Waals surface area contributed by atoms with Gasteiger partial charge < -0.3 is 5.32 Å². The van der Waals surface area contributed by atoms with E-state index in [-0.39, 0.29) is 11.6 Å². The first-order valence-corrected chi connectivity index (χ1v) is 10.1. The zero-order chi connectivity index (χ0) is 23.1. The molecule has 3 aromatic rings. The first-order valence-electron chi connectivity index (χ1n) is 9.69. The van der Waals surface area contributed by atoms with E-state index in [4.69, 9.17) is 11.6 Å². The summed E-state index contributed by atoms with van der Waals surface area (Å²) in [5.74, 6) is -0.506. The number of alkyl halides is 3. The molecule has 0 saturated heterocycles. The summed E-state index contributed by atoms with van der Waals surface area (Å²) >= 11 is 5.81. The summed E-state index contributed by atoms with van der Waals surface area (Å²) < 4.78 is 42.1. The minimum Gasteiger partial charge on any atom is -0.321 e. The highest BCUT2D eigenvalue weighted by atomic mass is 35.5. The molecule has 2 aromatic heterocycles. The number of benzene rings is 1. The fraction of sp³-hybridized carbons (Fsp3) is 0.381. The van der Waals surface area contributed by atoms with Crippen LogP contribution in [0.2, 0.25) is 5.02 Å². The van der Waals surface area contributed by atoms with E-state index < -0.39 is 28.8 Å². The van der Waals surface area contributed by atoms with Gasteiger partial charge in [0.2, 0.25) is 5.91 Å². The highest BCUT2D eigenvalue weighted by molar-refractivity contribution is 6.32. The van der Waals surface area contributed by atoms with Crippen LogP contribution in [0.4, 0.5) is 18.9 Å². The predicted octanol–water partition coefficient (Wildman–Crippen LogP) is 5.68. The summed E-state index contributed by atoms with van der Waals surface area (Å²) in [6, 6.07) is 6.76. The Hall–Kier alpha value is -2.81. The number of nitrogens with one attached hydrogen (secondary N) is 1. The normalized spacial score (nSPS) is 13.0. The van der Waals surface area contributed by atoms with Crippen molar-refractivity contribution in [1.82, 2.24) is 19.6 Å². The van der Waals surface area contributed by atoms with Gasteiger partial charge in [-0.2, -0.15) is 23.4 Å². The van der Waals surface area contributed by atoms with E-state index >= 15 is 0 Å². The number of carbonyl (C=O) groups is 1. The second-order valence-corrected chi connectivity index (χ2v) is 8.08. The van der Waals surface area contributed by atoms with Crippen LogP contribution in [0.1, 0.15) is 55.4 Å². The molecule has 0 fully saturated rings. The van der Waals surface area contributed by atoms with Crippen LogP contribution in [-0.4, -0.2) is 25.5 Å². The van der Waals surface area contributed by atoms with Gasteiger partial charge in [-0.15, -0.1) is 0 Å². The van der Waals surface area contributed by atoms with E-state index in [0.29, 0.717) is 5.69 Å². The van der Waals surface area contributed by atoms with E-state index in [2.05, 4.69) is 15.5 Å². The first kappa shape index (κ1) is 22.9. The van der Waals surface area contributed by atoms with Crippen molar-refractivity contribution in [1.29, 1.82) is 0 Å². The minimum atomic E-state index is -4.71. The molecular weight excluding hydrogens is 431 g/mol. The van der Waals surface area contributed by atoms with Gasteiger partial charge in [-0.3, -0.25) is 9.48 Å². The molecule has 1 N–H and O–H groups in total. The lowest BCUT2D eigenvalue weighted by atomic mass is 10.1. The number of anilines is 1. The van der Waals surface area contributed by atoms with Crippen molar-refractivity contribution in [3.63, 3.8) is 0 Å². The molecule has 10 heteroatoms. The van der Waals surface area contributed by atoms with E-state index in [1.54, 1.807) is 4.68 Å². The van der Waals surface area contributed by atoms with Gasteiger partial charge in [-0.25, -0.2) is 4.68 Å². The predicted molar refractivity (Wildman–Crippen MR) is 113 cm³/mol. The van der Waals surface area contributed by atoms with Crippen molar-refractivity contribution >= 4 is 23.2 Å². The number of carbonyl (C=O) groups excluding carboxylic acids is 1. The van der Waals surface area contributed by atoms with Crippen LogP contribution in [0.15, 0.2) is 30.5 Å². The molecule has 1 aromatic carbocycles. The summed E-state index contributed by atoms with van der Waals surface area (Å²) in [6.07, 6.45) is -3.17. The van der Waals surface area contributed by atoms with Gasteiger partial charge in [0.25, 0.3) is 0 Å². The summed E-state index contributed by atoms with van der Waals surface area (Å²) in [5.41, 5.74) is 2.07. The molecule has 1 amide bonds. The zero-order valence-corrected chi connectivity index (χ0v) is 18.5. The molecule has 1 unspecified atom stereocenters. The second-order valence-electron chi connectivity index (χ2n) is 7.70. The number of nitrogens with zero attached hydrogens (tertiary/aromatic N) is 4. The average molecular weight is 454 g/mol. The maximum Gasteiger partial charge on any atom is 0.436 e. The quantitative estimate of drug-likeness (QED) is 0.540. The van der Waals surface area contributed by atoms with Gasteiger partial charge in [-0.1, -0.05) is 43.1 Å². The standard InChI is InChI=1S/C21H23ClF3N5O/c1-11(2)18-16(10-26-30(18)15-8-6-12(3)7-9-15)27-20(31)14(5)29-13(4)17(22)19(28-29)21(23,24)25/h6-11,14H,1-5H3,(H,27,31). The Labute approximate surface area is 183 Å². The SMILES string of the molecule is Cc1ccc(-n2ncc(NC(=O)C(C)n3nc(C(F)(F)F)c(Cl)c3C)c2C(C)C)cc1. The van der Waals surface area contributed by atoms with Gasteiger partial charge >= 0.3 is 6.18 Å². The van der Waals surface area contributed by atoms with Gasteiger partial charge in [0.1, 0.15) is 6.04 Å². The first-order chi connectivity index (χ1) is 14.4. The topological polar surface area (TPSA) is 64.7 Å². The summed E-state index contributed by atoms with van der Waals surface area (Å²) in [6.45, 7) is 8.77. The summed E-state index contributed by atoms with van der Waals surface area (Å²) in [7, 11) is 0. The Balaban J connectivity index is 1.91. The third-order valence-electron chi connectivity index (χ3n) is 4.98. The van der Waals surface area contributed by atoms with Crippen molar-refractivity contribution < 1.29 is 18.0 Å². The van der Waals surface area contributed by atoms with Crippen LogP contribution in [0.25, 0.3) is 5.69 Å². The van der Waals surface area contributed by atoms with E-state index in [1.165, 1.54) is 20.0 Å². The van der Waals surface area contributed by atoms with Crippen molar-refractivity contribution in [3.05, 3.63) is 58.1 Å². The van der Waals surface area contributed by atoms with Crippen molar-refractivity contribution in [2.24, 2.45) is 0 Å². The molecule has 0 aliphatic rings. The van der Waals surface area contributed by atoms with Crippen molar-refractivity contribution in [3.8, 4) is 5.69 Å². The molecule has 0 saturated carbocycles. The molecule has 31 heavy (non-hydrogen) atoms. The molecule has 2 heterocycles. The lowest BCUT2D eigenvalue weighted by Gasteiger charge is -2.17. The average Bonchev–Trinajstić information content (AvgIpc) is 3.23. The zero-order valence-electron chi connectivity index (χ0n) is 17.8. The molecule has 0 aliphatic heterocycles. The van der Waals surface area contributed by atoms with Crippen LogP contribution in [0, 0.1) is 13.8 Å². The number of hydrogen-bond acceptors (Lipinski definition) is 3. The molecule has 166 valence electrons. The van der Waals surface area contributed by atoms with Crippen LogP contribution in [0.5, 0.6) is 0 Å². The molecule has 0 radical (unpaired) electrons. The van der Waals surface area contributed by atoms with Gasteiger partial charge in [0.15, 0.2) is 5.69 Å². The summed E-state index contributed by atoms with van der Waals surface area (Å²) in [5, 5.41) is 10.2. The number of aryl methyl sites for hydroxylation is 1. The lowest BCUT2D eigenvalue weighted by Crippen LogP contribution is -2.26. The van der Waals surface area contributed by atoms with Crippen molar-refractivity contribution in [2.75, 3.05) is 5.32 Å². The van der Waals surface area contributed by atoms with E-state index in [1.807, 2.05) is 45.0 Å². The van der Waals surface area contributed by atoms with Crippen LogP contribution in [-0.2, 0) is 11.0 Å². The fourth-order valence-corrected chi connectivity index (χ4v) is 3.54. The van der Waals surface area contributed by atoms with Crippen LogP contribution in [0.3, 0.4) is 0 Å². The lowest BCUT2D eigenvalue weighted by molar-refractivity contribution is -0.141. The Kier molecular flexibility index (Phi) is 6.18. The molecule has 0 bridgehead atoms. The minimum absolute atomic E-state index is 0.0205. The number of aromatic nitrogens is 4. The smallest absolute Gasteiger partial charge is 0.321 e. The van der Waals surface area contributed by atoms with E-state index in [9.17, 15) is 18.0 Å². The monoisotopic (exact) mass is 453 g/mol. The maximum absolute atomic E-state index is 13.1. The van der Waals surface area contributed by atoms with Crippen LogP contribution < -0.4 is 5.32 Å². The van der Waals surface area contributed by atoms with Gasteiger partial charge in [0.05, 0.1) is 34.0 Å². The van der Waals surface area contributed by atoms with E-state index in [0.717, 1.165) is 21.6 Å². The molecule has 0 spiro atoms. The van der Waals surface area contributed by atoms with Crippen molar-refractivity contribution in [2.45, 2.75) is 52.8 Å². The molecule has 3 rings (SSSR count). The second kappa shape index (κ2) is 8.37. The third kappa shape index (κ3) is 4.46. The fourth-order valence-electron chi connectivity index (χ4n) is 3.31. The number of amides is 1. The number of halogens is 4. The molecular formula is C21H23ClF3N5O. The molecule has 0 aliphatic carbocycles. The highest BCUT2D eigenvalue weighted by Gasteiger charge is 2.39. The third-order valence-corrected chi connectivity index (χ3v) is 5.43. The summed E-state index contributed by atoms with van der Waals surface area (Å²) in [4.78, 5) is 12.9.